The van der Waals surface area contributed by atoms with Gasteiger partial charge >= 0.3 is 12.2 Å². The van der Waals surface area contributed by atoms with Crippen molar-refractivity contribution in [2.24, 2.45) is 5.41 Å². The monoisotopic (exact) mass is 232 g/mol. The Morgan fingerprint density at radius 2 is 2.12 bits per heavy atom. The van der Waals surface area contributed by atoms with Crippen LogP contribution in [0.5, 0.6) is 0 Å². The highest BCUT2D eigenvalue weighted by Gasteiger charge is 2.46. The van der Waals surface area contributed by atoms with Crippen molar-refractivity contribution in [1.29, 1.82) is 0 Å². The molecule has 0 bridgehead atoms. The molecule has 1 aliphatic rings. The van der Waals surface area contributed by atoms with Crippen molar-refractivity contribution >= 4 is 12.2 Å². The Morgan fingerprint density at radius 3 is 2.62 bits per heavy atom. The van der Waals surface area contributed by atoms with Gasteiger partial charge in [0.15, 0.2) is 0 Å². The highest BCUT2D eigenvalue weighted by Crippen LogP contribution is 2.31. The minimum Gasteiger partial charge on any atom is -0.438 e. The Balaban J connectivity index is 2.86. The van der Waals surface area contributed by atoms with Crippen molar-refractivity contribution in [3.05, 3.63) is 0 Å². The van der Waals surface area contributed by atoms with E-state index in [9.17, 15) is 14.8 Å². The van der Waals surface area contributed by atoms with Gasteiger partial charge in [0.25, 0.3) is 0 Å². The van der Waals surface area contributed by atoms with Gasteiger partial charge in [-0.25, -0.2) is 9.59 Å². The summed E-state index contributed by atoms with van der Waals surface area (Å²) in [5, 5.41) is 10.0. The van der Waals surface area contributed by atoms with Crippen LogP contribution in [0, 0.1) is 5.41 Å². The van der Waals surface area contributed by atoms with Crippen LogP contribution in [0.3, 0.4) is 0 Å². The summed E-state index contributed by atoms with van der Waals surface area (Å²) in [6.07, 6.45) is -1.99. The van der Waals surface area contributed by atoms with Gasteiger partial charge in [0.05, 0.1) is 7.11 Å². The molecule has 1 N–H and O–H groups in total. The summed E-state index contributed by atoms with van der Waals surface area (Å²) >= 11 is 0. The zero-order chi connectivity index (χ0) is 12.5. The number of amides is 2. The molecule has 1 saturated heterocycles. The van der Waals surface area contributed by atoms with E-state index in [4.69, 9.17) is 4.74 Å². The van der Waals surface area contributed by atoms with Crippen LogP contribution in [0.25, 0.3) is 0 Å². The van der Waals surface area contributed by atoms with Gasteiger partial charge in [-0.3, -0.25) is 5.21 Å². The molecule has 7 heteroatoms. The molecule has 1 unspecified atom stereocenters. The lowest BCUT2D eigenvalue weighted by Crippen LogP contribution is -2.61. The van der Waals surface area contributed by atoms with Crippen LogP contribution in [0.4, 0.5) is 9.59 Å². The highest BCUT2D eigenvalue weighted by atomic mass is 16.7. The first-order valence-corrected chi connectivity index (χ1v) is 4.77. The minimum absolute atomic E-state index is 0.366. The maximum atomic E-state index is 11.5. The predicted octanol–water partition coefficient (Wildman–Crippen LogP) is 0.878. The average molecular weight is 232 g/mol. The number of carbonyl (C=O) groups excluding carboxylic acids is 2. The van der Waals surface area contributed by atoms with Crippen LogP contribution >= 0.6 is 0 Å². The number of hydrogen-bond donors (Lipinski definition) is 1. The second-order valence-electron chi connectivity index (χ2n) is 4.40. The average Bonchev–Trinajstić information content (AvgIpc) is 2.20. The zero-order valence-electron chi connectivity index (χ0n) is 9.76. The topological polar surface area (TPSA) is 79.3 Å². The third-order valence-electron chi connectivity index (χ3n) is 2.43. The van der Waals surface area contributed by atoms with Crippen LogP contribution < -0.4 is 0 Å². The number of rotatable bonds is 1. The van der Waals surface area contributed by atoms with Crippen molar-refractivity contribution in [3.8, 4) is 0 Å². The lowest BCUT2D eigenvalue weighted by atomic mass is 9.88. The van der Waals surface area contributed by atoms with E-state index < -0.39 is 23.8 Å². The molecule has 2 amide bonds. The van der Waals surface area contributed by atoms with E-state index in [0.717, 1.165) is 7.11 Å². The smallest absolute Gasteiger partial charge is 0.438 e. The summed E-state index contributed by atoms with van der Waals surface area (Å²) in [7, 11) is 2.72. The van der Waals surface area contributed by atoms with Crippen molar-refractivity contribution in [2.75, 3.05) is 20.7 Å². The van der Waals surface area contributed by atoms with Crippen LogP contribution in [0.2, 0.25) is 0 Å². The molecule has 16 heavy (non-hydrogen) atoms. The third kappa shape index (κ3) is 2.19. The summed E-state index contributed by atoms with van der Waals surface area (Å²) in [5.74, 6) is 0. The van der Waals surface area contributed by atoms with E-state index in [1.165, 1.54) is 4.90 Å². The van der Waals surface area contributed by atoms with E-state index in [2.05, 4.69) is 4.74 Å². The van der Waals surface area contributed by atoms with Gasteiger partial charge in [0.2, 0.25) is 6.23 Å². The van der Waals surface area contributed by atoms with Crippen LogP contribution in [-0.4, -0.2) is 54.3 Å². The quantitative estimate of drug-likeness (QED) is 0.536. The molecule has 1 fully saturated rings. The number of hydrogen-bond acceptors (Lipinski definition) is 5. The summed E-state index contributed by atoms with van der Waals surface area (Å²) in [6, 6.07) is -0.617. The normalized spacial score (nSPS) is 24.3. The molecule has 7 nitrogen and oxygen atoms in total. The largest absolute Gasteiger partial charge is 0.510 e. The summed E-state index contributed by atoms with van der Waals surface area (Å²) in [6.45, 7) is 3.91. The van der Waals surface area contributed by atoms with Gasteiger partial charge in [0.1, 0.15) is 0 Å². The lowest BCUT2D eigenvalue weighted by molar-refractivity contribution is -0.224. The van der Waals surface area contributed by atoms with Crippen LogP contribution in [0.15, 0.2) is 0 Å². The predicted molar refractivity (Wildman–Crippen MR) is 52.7 cm³/mol. The number of carbonyl (C=O) groups is 2. The first-order valence-electron chi connectivity index (χ1n) is 4.77. The Bertz CT molecular complexity index is 304. The van der Waals surface area contributed by atoms with E-state index in [1.807, 2.05) is 0 Å². The molecule has 1 aliphatic heterocycles. The highest BCUT2D eigenvalue weighted by molar-refractivity contribution is 5.74. The third-order valence-corrected chi connectivity index (χ3v) is 2.43. The number of methoxy groups -OCH3 is 1. The molecule has 0 aromatic heterocycles. The second-order valence-corrected chi connectivity index (χ2v) is 4.40. The molecule has 92 valence electrons. The molecular formula is C9H16N2O5. The van der Waals surface area contributed by atoms with Crippen LogP contribution in [0.1, 0.15) is 13.8 Å². The Hall–Kier alpha value is -1.50. The van der Waals surface area contributed by atoms with E-state index in [-0.39, 0.29) is 0 Å². The fourth-order valence-electron chi connectivity index (χ4n) is 1.71. The number of ether oxygens (including phenoxy) is 2. The van der Waals surface area contributed by atoms with Crippen molar-refractivity contribution in [1.82, 2.24) is 9.96 Å². The van der Waals surface area contributed by atoms with Crippen LogP contribution in [-0.2, 0) is 9.47 Å². The minimum atomic E-state index is -1.05. The van der Waals surface area contributed by atoms with Gasteiger partial charge in [-0.2, -0.15) is 5.06 Å². The molecule has 1 rings (SSSR count). The Morgan fingerprint density at radius 1 is 1.56 bits per heavy atom. The number of hydroxylamine groups is 2. The first-order chi connectivity index (χ1) is 7.29. The summed E-state index contributed by atoms with van der Waals surface area (Å²) in [5.41, 5.74) is -0.592. The first kappa shape index (κ1) is 12.6. The molecule has 1 heterocycles. The van der Waals surface area contributed by atoms with E-state index >= 15 is 0 Å². The molecule has 0 aliphatic carbocycles. The van der Waals surface area contributed by atoms with Gasteiger partial charge in [-0.1, -0.05) is 13.8 Å². The molecule has 1 atom stereocenters. The van der Waals surface area contributed by atoms with Crippen molar-refractivity contribution in [3.63, 3.8) is 0 Å². The summed E-state index contributed by atoms with van der Waals surface area (Å²) < 4.78 is 9.19. The molecule has 0 aromatic rings. The fourth-order valence-corrected chi connectivity index (χ4v) is 1.71. The standard InChI is InChI=1S/C9H16N2O5/c1-9(2)5-10(3)7(12)11(14)6(9)16-8(13)15-4/h6,14H,5H2,1-4H3. The SMILES string of the molecule is COC(=O)OC1N(O)C(=O)N(C)CC1(C)C. The molecule has 0 aromatic carbocycles. The van der Waals surface area contributed by atoms with Gasteiger partial charge < -0.3 is 14.4 Å². The number of urea groups is 1. The van der Waals surface area contributed by atoms with E-state index in [0.29, 0.717) is 11.6 Å². The maximum Gasteiger partial charge on any atom is 0.510 e. The molecule has 0 spiro atoms. The Kier molecular flexibility index (Phi) is 3.27. The Labute approximate surface area is 93.5 Å². The molecule has 0 saturated carbocycles. The van der Waals surface area contributed by atoms with Gasteiger partial charge in [-0.15, -0.1) is 0 Å². The lowest BCUT2D eigenvalue weighted by Gasteiger charge is -2.44. The molecular weight excluding hydrogens is 216 g/mol. The van der Waals surface area contributed by atoms with Gasteiger partial charge in [-0.05, 0) is 0 Å². The molecule has 0 radical (unpaired) electrons. The second kappa shape index (κ2) is 4.17. The zero-order valence-corrected chi connectivity index (χ0v) is 9.76. The summed E-state index contributed by atoms with van der Waals surface area (Å²) in [4.78, 5) is 23.8. The number of nitrogens with zero attached hydrogens (tertiary/aromatic N) is 2. The van der Waals surface area contributed by atoms with Gasteiger partial charge in [0, 0.05) is 19.0 Å². The fraction of sp³-hybridized carbons (Fsp3) is 0.778. The van der Waals surface area contributed by atoms with E-state index in [1.54, 1.807) is 20.9 Å². The van der Waals surface area contributed by atoms with Crippen molar-refractivity contribution in [2.45, 2.75) is 20.1 Å². The van der Waals surface area contributed by atoms with Crippen molar-refractivity contribution < 1.29 is 24.3 Å². The maximum absolute atomic E-state index is 11.5.